The van der Waals surface area contributed by atoms with E-state index in [1.165, 1.54) is 9.35 Å². The molecule has 0 bridgehead atoms. The monoisotopic (exact) mass is 176 g/mol. The molecule has 0 radical (unpaired) electrons. The molecule has 0 fully saturated rings. The zero-order valence-electron chi connectivity index (χ0n) is 6.66. The van der Waals surface area contributed by atoms with Crippen LogP contribution >= 0.6 is 0 Å². The maximum Gasteiger partial charge on any atom is 0.235 e. The molecule has 1 rings (SSSR count). The van der Waals surface area contributed by atoms with Gasteiger partial charge in [-0.25, -0.2) is 0 Å². The third kappa shape index (κ3) is 1.77. The van der Waals surface area contributed by atoms with Crippen LogP contribution < -0.4 is 24.1 Å². The smallest absolute Gasteiger partial charge is 0.235 e. The second-order valence-corrected chi connectivity index (χ2v) is 2.63. The number of rotatable bonds is 1. The molecule has 4 nitrogen and oxygen atoms in total. The molecule has 0 saturated carbocycles. The normalized spacial score (nSPS) is 9.73. The Labute approximate surface area is 72.1 Å². The van der Waals surface area contributed by atoms with Crippen LogP contribution in [0.2, 0.25) is 0 Å². The number of aromatic nitrogens is 2. The second-order valence-electron chi connectivity index (χ2n) is 2.63. The lowest BCUT2D eigenvalue weighted by Gasteiger charge is -2.00. The molecule has 0 spiro atoms. The molecule has 0 saturated heterocycles. The van der Waals surface area contributed by atoms with Crippen molar-refractivity contribution in [1.82, 2.24) is 9.35 Å². The van der Waals surface area contributed by atoms with Crippen molar-refractivity contribution in [2.45, 2.75) is 19.8 Å². The van der Waals surface area contributed by atoms with Crippen LogP contribution in [-0.2, 0) is 0 Å². The summed E-state index contributed by atoms with van der Waals surface area (Å²) in [7, 11) is 0. The largest absolute Gasteiger partial charge is 1.00 e. The Morgan fingerprint density at radius 2 is 1.55 bits per heavy atom. The average molecular weight is 177 g/mol. The number of nitrogens with zero attached hydrogens (tertiary/aromatic N) is 2. The summed E-state index contributed by atoms with van der Waals surface area (Å²) < 4.78 is 3.06. The molecule has 0 aliphatic carbocycles. The van der Waals surface area contributed by atoms with Crippen LogP contribution in [0.4, 0.5) is 0 Å². The van der Waals surface area contributed by atoms with Gasteiger partial charge in [-0.3, -0.25) is 0 Å². The van der Waals surface area contributed by atoms with Crippen molar-refractivity contribution in [3.05, 3.63) is 18.2 Å². The van der Waals surface area contributed by atoms with E-state index in [-0.39, 0.29) is 12.4 Å². The summed E-state index contributed by atoms with van der Waals surface area (Å²) in [4.78, 5) is 0. The van der Waals surface area contributed by atoms with Crippen LogP contribution in [0, 0.1) is 0 Å². The van der Waals surface area contributed by atoms with E-state index in [1.54, 1.807) is 12.4 Å². The highest BCUT2D eigenvalue weighted by atomic mass is 35.5. The molecule has 5 heteroatoms. The van der Waals surface area contributed by atoms with Crippen molar-refractivity contribution in [3.63, 3.8) is 0 Å². The summed E-state index contributed by atoms with van der Waals surface area (Å²) in [5.74, 6) is 12.4. The molecule has 1 aromatic heterocycles. The quantitative estimate of drug-likeness (QED) is 0.357. The summed E-state index contributed by atoms with van der Waals surface area (Å²) in [5.41, 5.74) is 0. The lowest BCUT2D eigenvalue weighted by atomic mass is 10.2. The molecule has 0 aliphatic heterocycles. The topological polar surface area (TPSA) is 61.9 Å². The number of hydrogen-bond donors (Lipinski definition) is 2. The van der Waals surface area contributed by atoms with Gasteiger partial charge >= 0.3 is 0 Å². The van der Waals surface area contributed by atoms with Gasteiger partial charge in [0.1, 0.15) is 0 Å². The Morgan fingerprint density at radius 3 is 1.73 bits per heavy atom. The van der Waals surface area contributed by atoms with Crippen LogP contribution in [0.25, 0.3) is 0 Å². The van der Waals surface area contributed by atoms with E-state index >= 15 is 0 Å². The minimum Gasteiger partial charge on any atom is -1.00 e. The van der Waals surface area contributed by atoms with Crippen molar-refractivity contribution >= 4 is 0 Å². The lowest BCUT2D eigenvalue weighted by molar-refractivity contribution is -0.00000234. The molecule has 0 aromatic carbocycles. The Bertz CT molecular complexity index is 211. The predicted molar refractivity (Wildman–Crippen MR) is 41.2 cm³/mol. The standard InChI is InChI=1S/C6H13N4.ClH/c1-5(2)6-9(7)3-4-10(6)8;/h3-5H,7-8H2,1-2H3;1H/q+1;/p-1. The highest BCUT2D eigenvalue weighted by molar-refractivity contribution is 5.00. The second kappa shape index (κ2) is 3.48. The first kappa shape index (κ1) is 10.1. The molecule has 0 amide bonds. The SMILES string of the molecule is CC(C)[c+]1n(N)ccn1N.[Cl-]. The summed E-state index contributed by atoms with van der Waals surface area (Å²) in [6.07, 6.45) is 3.46. The van der Waals surface area contributed by atoms with Gasteiger partial charge in [0, 0.05) is 0 Å². The number of nitrogen functional groups attached to an aromatic ring is 2. The van der Waals surface area contributed by atoms with Crippen LogP contribution in [0.5, 0.6) is 0 Å². The summed E-state index contributed by atoms with van der Waals surface area (Å²) >= 11 is 0. The van der Waals surface area contributed by atoms with Gasteiger partial charge in [-0.1, -0.05) is 0 Å². The zero-order chi connectivity index (χ0) is 7.72. The van der Waals surface area contributed by atoms with Gasteiger partial charge in [-0.15, -0.1) is 9.35 Å². The van der Waals surface area contributed by atoms with Gasteiger partial charge in [-0.2, -0.15) is 0 Å². The maximum absolute atomic E-state index is 5.56. The van der Waals surface area contributed by atoms with E-state index in [9.17, 15) is 0 Å². The number of hydrogen-bond acceptors (Lipinski definition) is 2. The minimum atomic E-state index is 0. The van der Waals surface area contributed by atoms with Gasteiger partial charge in [-0.05, 0) is 13.8 Å². The number of imidazole rings is 1. The Morgan fingerprint density at radius 1 is 1.18 bits per heavy atom. The van der Waals surface area contributed by atoms with Crippen molar-refractivity contribution < 1.29 is 12.4 Å². The summed E-state index contributed by atoms with van der Waals surface area (Å²) in [6.45, 7) is 4.09. The van der Waals surface area contributed by atoms with E-state index in [4.69, 9.17) is 11.7 Å². The van der Waals surface area contributed by atoms with Crippen molar-refractivity contribution in [2.24, 2.45) is 0 Å². The fraction of sp³-hybridized carbons (Fsp3) is 0.500. The summed E-state index contributed by atoms with van der Waals surface area (Å²) in [6, 6.07) is 0. The molecule has 64 valence electrons. The van der Waals surface area contributed by atoms with E-state index in [1.807, 2.05) is 13.8 Å². The van der Waals surface area contributed by atoms with E-state index < -0.39 is 0 Å². The van der Waals surface area contributed by atoms with Gasteiger partial charge in [0.05, 0.1) is 5.92 Å². The van der Waals surface area contributed by atoms with E-state index in [0.717, 1.165) is 5.82 Å². The first-order chi connectivity index (χ1) is 4.63. The minimum absolute atomic E-state index is 0. The molecule has 11 heavy (non-hydrogen) atoms. The van der Waals surface area contributed by atoms with Gasteiger partial charge in [0.25, 0.3) is 0 Å². The van der Waals surface area contributed by atoms with E-state index in [0.29, 0.717) is 5.92 Å². The van der Waals surface area contributed by atoms with Crippen molar-refractivity contribution in [1.29, 1.82) is 0 Å². The fourth-order valence-corrected chi connectivity index (χ4v) is 1.03. The van der Waals surface area contributed by atoms with Crippen molar-refractivity contribution in [3.8, 4) is 0 Å². The molecule has 0 unspecified atom stereocenters. The van der Waals surface area contributed by atoms with Crippen molar-refractivity contribution in [2.75, 3.05) is 11.7 Å². The molecular weight excluding hydrogens is 164 g/mol. The fourth-order valence-electron chi connectivity index (χ4n) is 1.03. The lowest BCUT2D eigenvalue weighted by Crippen LogP contribution is -3.00. The van der Waals surface area contributed by atoms with Crippen LogP contribution in [0.15, 0.2) is 12.4 Å². The van der Waals surface area contributed by atoms with Gasteiger partial charge in [0.2, 0.25) is 5.82 Å². The first-order valence-electron chi connectivity index (χ1n) is 3.26. The highest BCUT2D eigenvalue weighted by Gasteiger charge is 2.14. The molecule has 0 aliphatic rings. The van der Waals surface area contributed by atoms with Crippen LogP contribution in [0.3, 0.4) is 0 Å². The predicted octanol–water partition coefficient (Wildman–Crippen LogP) is -2.87. The molecule has 1 heterocycles. The molecule has 4 N–H and O–H groups in total. The van der Waals surface area contributed by atoms with Crippen LogP contribution in [-0.4, -0.2) is 9.35 Å². The van der Waals surface area contributed by atoms with Crippen LogP contribution in [0.1, 0.15) is 25.6 Å². The highest BCUT2D eigenvalue weighted by Crippen LogP contribution is 2.09. The number of halogens is 1. The molecular formula is C6H13ClN4. The maximum atomic E-state index is 5.56. The zero-order valence-corrected chi connectivity index (χ0v) is 7.42. The third-order valence-electron chi connectivity index (χ3n) is 1.43. The van der Waals surface area contributed by atoms with E-state index in [2.05, 4.69) is 0 Å². The Hall–Kier alpha value is -0.900. The molecule has 1 aromatic rings. The summed E-state index contributed by atoms with van der Waals surface area (Å²) in [5, 5.41) is 0. The van der Waals surface area contributed by atoms with Gasteiger partial charge in [0.15, 0.2) is 12.4 Å². The number of nitrogens with two attached hydrogens (primary N) is 2. The van der Waals surface area contributed by atoms with Gasteiger partial charge < -0.3 is 24.1 Å². The Balaban J connectivity index is 0.000001000. The average Bonchev–Trinajstić information content (AvgIpc) is 2.11. The Kier molecular flexibility index (Phi) is 3.19. The first-order valence-corrected chi connectivity index (χ1v) is 3.26. The molecule has 0 atom stereocenters. The third-order valence-corrected chi connectivity index (χ3v) is 1.43.